The van der Waals surface area contributed by atoms with E-state index in [4.69, 9.17) is 44.3 Å². The van der Waals surface area contributed by atoms with Gasteiger partial charge in [-0.1, -0.05) is 23.2 Å². The third-order valence-electron chi connectivity index (χ3n) is 3.00. The number of nitriles is 1. The predicted molar refractivity (Wildman–Crippen MR) is 101 cm³/mol. The number of hydrogen-bond acceptors (Lipinski definition) is 7. The molecule has 27 heavy (non-hydrogen) atoms. The van der Waals surface area contributed by atoms with Crippen LogP contribution in [0.4, 0.5) is 5.69 Å². The summed E-state index contributed by atoms with van der Waals surface area (Å²) in [7, 11) is -4.62. The fraction of sp³-hybridized carbons (Fsp3) is 0. The molecule has 140 valence electrons. The Kier molecular flexibility index (Phi) is 6.24. The molecular formula is C15H11Cl2N5O4S. The van der Waals surface area contributed by atoms with Gasteiger partial charge < -0.3 is 10.5 Å². The molecule has 0 aliphatic rings. The van der Waals surface area contributed by atoms with Crippen LogP contribution in [0.5, 0.6) is 11.5 Å². The molecule has 2 aromatic carbocycles. The highest BCUT2D eigenvalue weighted by Crippen LogP contribution is 2.36. The van der Waals surface area contributed by atoms with Crippen molar-refractivity contribution < 1.29 is 17.7 Å². The summed E-state index contributed by atoms with van der Waals surface area (Å²) < 4.78 is 37.8. The molecule has 0 saturated heterocycles. The summed E-state index contributed by atoms with van der Waals surface area (Å²) in [4.78, 5) is -0.588. The molecule has 0 unspecified atom stereocenters. The van der Waals surface area contributed by atoms with Crippen molar-refractivity contribution in [2.45, 2.75) is 4.90 Å². The molecule has 0 radical (unpaired) electrons. The molecule has 0 aliphatic carbocycles. The molecule has 0 aliphatic heterocycles. The molecule has 12 heteroatoms. The van der Waals surface area contributed by atoms with Gasteiger partial charge in [-0.3, -0.25) is 15.4 Å². The van der Waals surface area contributed by atoms with E-state index in [-0.39, 0.29) is 16.5 Å². The van der Waals surface area contributed by atoms with E-state index in [0.717, 1.165) is 12.1 Å². The summed E-state index contributed by atoms with van der Waals surface area (Å²) in [6, 6.07) is 9.84. The van der Waals surface area contributed by atoms with Gasteiger partial charge in [0, 0.05) is 11.1 Å². The molecule has 2 rings (SSSR count). The minimum Gasteiger partial charge on any atom is -0.455 e. The molecule has 0 saturated carbocycles. The van der Waals surface area contributed by atoms with Crippen molar-refractivity contribution >= 4 is 50.6 Å². The maximum Gasteiger partial charge on any atom is 0.296 e. The summed E-state index contributed by atoms with van der Waals surface area (Å²) in [6.07, 6.45) is 0. The Morgan fingerprint density at radius 3 is 2.44 bits per heavy atom. The number of rotatable bonds is 6. The summed E-state index contributed by atoms with van der Waals surface area (Å²) in [6.45, 7) is 0. The number of nitrogens with one attached hydrogen (secondary N) is 2. The Balaban J connectivity index is 2.53. The van der Waals surface area contributed by atoms with Crippen LogP contribution in [0, 0.1) is 16.7 Å². The minimum atomic E-state index is -4.62. The van der Waals surface area contributed by atoms with Gasteiger partial charge in [-0.15, -0.1) is 0 Å². The van der Waals surface area contributed by atoms with E-state index in [0.29, 0.717) is 10.8 Å². The van der Waals surface area contributed by atoms with Gasteiger partial charge in [0.05, 0.1) is 5.02 Å². The number of nitrogens with two attached hydrogens (primary N) is 1. The summed E-state index contributed by atoms with van der Waals surface area (Å²) in [5.74, 6) is -0.369. The predicted octanol–water partition coefficient (Wildman–Crippen LogP) is 3.26. The van der Waals surface area contributed by atoms with Gasteiger partial charge in [0.15, 0.2) is 11.6 Å². The van der Waals surface area contributed by atoms with Crippen LogP contribution in [0.2, 0.25) is 10.0 Å². The second-order valence-corrected chi connectivity index (χ2v) is 7.14. The van der Waals surface area contributed by atoms with Gasteiger partial charge in [0.1, 0.15) is 22.4 Å². The Morgan fingerprint density at radius 2 is 1.93 bits per heavy atom. The van der Waals surface area contributed by atoms with Crippen molar-refractivity contribution in [1.82, 2.24) is 0 Å². The first kappa shape index (κ1) is 20.5. The van der Waals surface area contributed by atoms with Crippen LogP contribution >= 0.6 is 23.2 Å². The van der Waals surface area contributed by atoms with Crippen molar-refractivity contribution in [1.29, 1.82) is 10.7 Å². The van der Waals surface area contributed by atoms with Gasteiger partial charge in [-0.05, 0) is 30.3 Å². The number of hydrazone groups is 1. The number of halogens is 2. The fourth-order valence-corrected chi connectivity index (χ4v) is 2.94. The maximum atomic E-state index is 11.5. The number of anilines is 1. The average molecular weight is 428 g/mol. The molecule has 5 N–H and O–H groups in total. The first-order chi connectivity index (χ1) is 12.6. The Hall–Kier alpha value is -2.84. The highest BCUT2D eigenvalue weighted by molar-refractivity contribution is 7.86. The number of ether oxygens (including phenoxy) is 1. The second kappa shape index (κ2) is 8.24. The Morgan fingerprint density at radius 1 is 1.30 bits per heavy atom. The van der Waals surface area contributed by atoms with Crippen molar-refractivity contribution in [2.24, 2.45) is 10.8 Å². The van der Waals surface area contributed by atoms with Crippen LogP contribution in [-0.2, 0) is 10.1 Å². The number of amidine groups is 1. The van der Waals surface area contributed by atoms with Crippen LogP contribution in [-0.4, -0.2) is 24.5 Å². The largest absolute Gasteiger partial charge is 0.455 e. The average Bonchev–Trinajstić information content (AvgIpc) is 2.58. The van der Waals surface area contributed by atoms with E-state index < -0.39 is 26.6 Å². The Labute approximate surface area is 164 Å². The molecule has 0 heterocycles. The van der Waals surface area contributed by atoms with E-state index in [1.807, 2.05) is 0 Å². The van der Waals surface area contributed by atoms with E-state index in [1.54, 1.807) is 18.2 Å². The third-order valence-corrected chi connectivity index (χ3v) is 4.57. The molecule has 0 fully saturated rings. The molecule has 2 aromatic rings. The SMILES string of the molecule is N#C/C(=N\Nc1cc(Cl)c(S(=O)(=O)O)cc1Oc1ccc(Cl)cc1)C(=N)N. The molecule has 0 atom stereocenters. The van der Waals surface area contributed by atoms with Crippen LogP contribution in [0.25, 0.3) is 0 Å². The second-order valence-electron chi connectivity index (χ2n) is 4.91. The first-order valence-corrected chi connectivity index (χ1v) is 9.14. The monoisotopic (exact) mass is 427 g/mol. The number of benzene rings is 2. The van der Waals surface area contributed by atoms with E-state index >= 15 is 0 Å². The lowest BCUT2D eigenvalue weighted by atomic mass is 10.3. The van der Waals surface area contributed by atoms with Gasteiger partial charge in [-0.2, -0.15) is 18.8 Å². The van der Waals surface area contributed by atoms with Gasteiger partial charge in [0.2, 0.25) is 5.71 Å². The maximum absolute atomic E-state index is 11.5. The van der Waals surface area contributed by atoms with Crippen molar-refractivity contribution in [3.05, 3.63) is 46.4 Å². The van der Waals surface area contributed by atoms with Crippen LogP contribution in [0.1, 0.15) is 0 Å². The zero-order chi connectivity index (χ0) is 20.2. The smallest absolute Gasteiger partial charge is 0.296 e. The summed E-state index contributed by atoms with van der Waals surface area (Å²) in [5, 5.41) is 19.9. The van der Waals surface area contributed by atoms with Crippen LogP contribution in [0.3, 0.4) is 0 Å². The van der Waals surface area contributed by atoms with Gasteiger partial charge in [0.25, 0.3) is 10.1 Å². The molecule has 0 bridgehead atoms. The van der Waals surface area contributed by atoms with Gasteiger partial charge in [-0.25, -0.2) is 0 Å². The topological polar surface area (TPSA) is 162 Å². The van der Waals surface area contributed by atoms with Crippen LogP contribution < -0.4 is 15.9 Å². The van der Waals surface area contributed by atoms with E-state index in [9.17, 15) is 13.0 Å². The zero-order valence-electron chi connectivity index (χ0n) is 13.3. The fourth-order valence-electron chi connectivity index (χ4n) is 1.80. The highest BCUT2D eigenvalue weighted by Gasteiger charge is 2.19. The number of nitrogens with zero attached hydrogens (tertiary/aromatic N) is 2. The third kappa shape index (κ3) is 5.32. The lowest BCUT2D eigenvalue weighted by Gasteiger charge is -2.13. The standard InChI is InChI=1S/C15H11Cl2N5O4S/c16-8-1-3-9(4-2-8)26-13-6-14(27(23,24)25)10(17)5-11(13)21-22-12(7-18)15(19)20/h1-6,21H,(H3,19,20)(H,23,24,25)/b22-12+. The lowest BCUT2D eigenvalue weighted by Crippen LogP contribution is -2.21. The van der Waals surface area contributed by atoms with Gasteiger partial charge >= 0.3 is 0 Å². The normalized spacial score (nSPS) is 11.6. The quantitative estimate of drug-likeness (QED) is 0.238. The number of hydrogen-bond donors (Lipinski definition) is 4. The highest BCUT2D eigenvalue weighted by atomic mass is 35.5. The molecule has 0 spiro atoms. The molecule has 0 amide bonds. The first-order valence-electron chi connectivity index (χ1n) is 6.94. The summed E-state index contributed by atoms with van der Waals surface area (Å²) >= 11 is 11.7. The molecular weight excluding hydrogens is 417 g/mol. The van der Waals surface area contributed by atoms with Crippen molar-refractivity contribution in [3.8, 4) is 17.6 Å². The zero-order valence-corrected chi connectivity index (χ0v) is 15.6. The van der Waals surface area contributed by atoms with E-state index in [1.165, 1.54) is 12.1 Å². The molecule has 9 nitrogen and oxygen atoms in total. The summed E-state index contributed by atoms with van der Waals surface area (Å²) in [5.41, 5.74) is 7.27. The molecule has 0 aromatic heterocycles. The van der Waals surface area contributed by atoms with Crippen LogP contribution in [0.15, 0.2) is 46.4 Å². The van der Waals surface area contributed by atoms with E-state index in [2.05, 4.69) is 10.5 Å². The minimum absolute atomic E-state index is 0.0522. The van der Waals surface area contributed by atoms with Crippen molar-refractivity contribution in [3.63, 3.8) is 0 Å². The Bertz CT molecular complexity index is 1060. The van der Waals surface area contributed by atoms with Crippen molar-refractivity contribution in [2.75, 3.05) is 5.43 Å². The lowest BCUT2D eigenvalue weighted by molar-refractivity contribution is 0.473.